The van der Waals surface area contributed by atoms with Crippen LogP contribution in [0.25, 0.3) is 0 Å². The SMILES string of the molecule is O=C(CCC(=O)N1CCc2sccc2C1c1ccc(Cl)cc1)N1CCC1. The van der Waals surface area contributed by atoms with Crippen LogP contribution in [0.2, 0.25) is 5.02 Å². The third-order valence-corrected chi connectivity index (χ3v) is 6.48. The number of rotatable bonds is 4. The molecule has 1 aromatic carbocycles. The first-order valence-electron chi connectivity index (χ1n) is 9.02. The van der Waals surface area contributed by atoms with E-state index in [9.17, 15) is 9.59 Å². The van der Waals surface area contributed by atoms with Gasteiger partial charge in [0.05, 0.1) is 6.04 Å². The number of hydrogen-bond acceptors (Lipinski definition) is 3. The number of benzene rings is 1. The minimum atomic E-state index is -0.0890. The fourth-order valence-corrected chi connectivity index (χ4v) is 4.70. The van der Waals surface area contributed by atoms with E-state index in [0.29, 0.717) is 18.0 Å². The monoisotopic (exact) mass is 388 g/mol. The first-order valence-corrected chi connectivity index (χ1v) is 10.3. The van der Waals surface area contributed by atoms with Crippen molar-refractivity contribution in [3.63, 3.8) is 0 Å². The van der Waals surface area contributed by atoms with Gasteiger partial charge in [-0.05, 0) is 47.5 Å². The van der Waals surface area contributed by atoms with E-state index in [0.717, 1.165) is 31.5 Å². The lowest BCUT2D eigenvalue weighted by atomic mass is 9.93. The molecular formula is C20H21ClN2O2S. The molecule has 136 valence electrons. The molecule has 1 aromatic heterocycles. The second-order valence-corrected chi connectivity index (χ2v) is 8.26. The third kappa shape index (κ3) is 3.38. The highest BCUT2D eigenvalue weighted by Crippen LogP contribution is 2.38. The summed E-state index contributed by atoms with van der Waals surface area (Å²) in [6, 6.07) is 9.75. The molecule has 1 unspecified atom stereocenters. The fraction of sp³-hybridized carbons (Fsp3) is 0.400. The van der Waals surface area contributed by atoms with Crippen LogP contribution in [0, 0.1) is 0 Å². The summed E-state index contributed by atoms with van der Waals surface area (Å²) < 4.78 is 0. The molecule has 2 aliphatic rings. The highest BCUT2D eigenvalue weighted by molar-refractivity contribution is 7.10. The molecule has 1 saturated heterocycles. The Morgan fingerprint density at radius 3 is 2.46 bits per heavy atom. The fourth-order valence-electron chi connectivity index (χ4n) is 3.67. The minimum Gasteiger partial charge on any atom is -0.343 e. The Morgan fingerprint density at radius 1 is 1.04 bits per heavy atom. The largest absolute Gasteiger partial charge is 0.343 e. The van der Waals surface area contributed by atoms with Gasteiger partial charge in [0.2, 0.25) is 11.8 Å². The summed E-state index contributed by atoms with van der Waals surface area (Å²) in [6.07, 6.45) is 2.53. The molecule has 2 aromatic rings. The van der Waals surface area contributed by atoms with Gasteiger partial charge in [-0.25, -0.2) is 0 Å². The molecule has 0 radical (unpaired) electrons. The first kappa shape index (κ1) is 17.6. The van der Waals surface area contributed by atoms with Gasteiger partial charge in [0.25, 0.3) is 0 Å². The van der Waals surface area contributed by atoms with Crippen LogP contribution < -0.4 is 0 Å². The molecule has 0 saturated carbocycles. The molecule has 3 heterocycles. The van der Waals surface area contributed by atoms with Crippen LogP contribution in [0.5, 0.6) is 0 Å². The maximum atomic E-state index is 12.9. The maximum absolute atomic E-state index is 12.9. The Kier molecular flexibility index (Phi) is 5.00. The Labute approximate surface area is 162 Å². The van der Waals surface area contributed by atoms with Crippen molar-refractivity contribution >= 4 is 34.8 Å². The molecule has 26 heavy (non-hydrogen) atoms. The molecular weight excluding hydrogens is 368 g/mol. The van der Waals surface area contributed by atoms with Crippen LogP contribution in [-0.2, 0) is 16.0 Å². The standard InChI is InChI=1S/C20H21ClN2O2S/c21-15-4-2-14(3-5-15)20-16-9-13-26-17(16)8-12-23(20)19(25)7-6-18(24)22-10-1-11-22/h2-5,9,13,20H,1,6-8,10-12H2. The van der Waals surface area contributed by atoms with E-state index in [4.69, 9.17) is 11.6 Å². The highest BCUT2D eigenvalue weighted by atomic mass is 35.5. The molecule has 1 fully saturated rings. The van der Waals surface area contributed by atoms with Crippen molar-refractivity contribution in [1.29, 1.82) is 0 Å². The summed E-state index contributed by atoms with van der Waals surface area (Å²) in [7, 11) is 0. The van der Waals surface area contributed by atoms with Crippen molar-refractivity contribution in [3.8, 4) is 0 Å². The normalized spacial score (nSPS) is 19.0. The lowest BCUT2D eigenvalue weighted by Crippen LogP contribution is -2.43. The average Bonchev–Trinajstić information content (AvgIpc) is 3.07. The Hall–Kier alpha value is -1.85. The van der Waals surface area contributed by atoms with E-state index in [1.165, 1.54) is 10.4 Å². The van der Waals surface area contributed by atoms with Gasteiger partial charge in [-0.15, -0.1) is 11.3 Å². The van der Waals surface area contributed by atoms with Gasteiger partial charge in [-0.3, -0.25) is 9.59 Å². The van der Waals surface area contributed by atoms with Gasteiger partial charge in [-0.2, -0.15) is 0 Å². The molecule has 0 spiro atoms. The van der Waals surface area contributed by atoms with Crippen molar-refractivity contribution < 1.29 is 9.59 Å². The van der Waals surface area contributed by atoms with Gasteiger partial charge in [-0.1, -0.05) is 23.7 Å². The summed E-state index contributed by atoms with van der Waals surface area (Å²) >= 11 is 7.79. The van der Waals surface area contributed by atoms with Crippen molar-refractivity contribution in [2.45, 2.75) is 31.7 Å². The molecule has 0 N–H and O–H groups in total. The van der Waals surface area contributed by atoms with E-state index in [1.54, 1.807) is 11.3 Å². The Morgan fingerprint density at radius 2 is 1.77 bits per heavy atom. The molecule has 6 heteroatoms. The van der Waals surface area contributed by atoms with E-state index < -0.39 is 0 Å². The topological polar surface area (TPSA) is 40.6 Å². The van der Waals surface area contributed by atoms with Crippen molar-refractivity contribution in [2.24, 2.45) is 0 Å². The second kappa shape index (κ2) is 7.41. The number of likely N-dealkylation sites (tertiary alicyclic amines) is 1. The number of halogens is 1. The first-order chi connectivity index (χ1) is 12.6. The average molecular weight is 389 g/mol. The second-order valence-electron chi connectivity index (χ2n) is 6.82. The van der Waals surface area contributed by atoms with E-state index in [-0.39, 0.29) is 24.3 Å². The van der Waals surface area contributed by atoms with Crippen LogP contribution in [0.15, 0.2) is 35.7 Å². The van der Waals surface area contributed by atoms with Crippen LogP contribution in [0.1, 0.15) is 41.3 Å². The zero-order valence-electron chi connectivity index (χ0n) is 14.5. The van der Waals surface area contributed by atoms with Crippen LogP contribution in [0.4, 0.5) is 0 Å². The molecule has 4 nitrogen and oxygen atoms in total. The maximum Gasteiger partial charge on any atom is 0.223 e. The molecule has 1 atom stereocenters. The number of carbonyl (C=O) groups is 2. The summed E-state index contributed by atoms with van der Waals surface area (Å²) in [6.45, 7) is 2.36. The van der Waals surface area contributed by atoms with Gasteiger partial charge in [0.1, 0.15) is 0 Å². The van der Waals surface area contributed by atoms with E-state index in [1.807, 2.05) is 34.1 Å². The Bertz CT molecular complexity index is 813. The molecule has 0 aliphatic carbocycles. The summed E-state index contributed by atoms with van der Waals surface area (Å²) in [5.41, 5.74) is 2.27. The quantitative estimate of drug-likeness (QED) is 0.797. The van der Waals surface area contributed by atoms with Crippen molar-refractivity contribution in [1.82, 2.24) is 9.80 Å². The van der Waals surface area contributed by atoms with Gasteiger partial charge in [0, 0.05) is 42.4 Å². The van der Waals surface area contributed by atoms with Gasteiger partial charge >= 0.3 is 0 Å². The summed E-state index contributed by atoms with van der Waals surface area (Å²) in [5.74, 6) is 0.150. The van der Waals surface area contributed by atoms with Crippen LogP contribution >= 0.6 is 22.9 Å². The van der Waals surface area contributed by atoms with Gasteiger partial charge < -0.3 is 9.80 Å². The predicted molar refractivity (Wildman–Crippen MR) is 103 cm³/mol. The van der Waals surface area contributed by atoms with Crippen molar-refractivity contribution in [3.05, 3.63) is 56.7 Å². The summed E-state index contributed by atoms with van der Waals surface area (Å²) in [5, 5.41) is 2.78. The summed E-state index contributed by atoms with van der Waals surface area (Å²) in [4.78, 5) is 30.1. The smallest absolute Gasteiger partial charge is 0.223 e. The van der Waals surface area contributed by atoms with E-state index >= 15 is 0 Å². The van der Waals surface area contributed by atoms with Crippen LogP contribution in [-0.4, -0.2) is 41.2 Å². The number of hydrogen-bond donors (Lipinski definition) is 0. The highest BCUT2D eigenvalue weighted by Gasteiger charge is 2.33. The lowest BCUT2D eigenvalue weighted by molar-refractivity contribution is -0.140. The van der Waals surface area contributed by atoms with Gasteiger partial charge in [0.15, 0.2) is 0 Å². The molecule has 2 amide bonds. The molecule has 2 aliphatic heterocycles. The minimum absolute atomic E-state index is 0.0515. The number of nitrogens with zero attached hydrogens (tertiary/aromatic N) is 2. The number of amides is 2. The molecule has 0 bridgehead atoms. The zero-order chi connectivity index (χ0) is 18.1. The van der Waals surface area contributed by atoms with Crippen molar-refractivity contribution in [2.75, 3.05) is 19.6 Å². The third-order valence-electron chi connectivity index (χ3n) is 5.23. The Balaban J connectivity index is 1.54. The predicted octanol–water partition coefficient (Wildman–Crippen LogP) is 3.89. The zero-order valence-corrected chi connectivity index (χ0v) is 16.1. The molecule has 4 rings (SSSR count). The van der Waals surface area contributed by atoms with Crippen LogP contribution in [0.3, 0.4) is 0 Å². The number of thiophene rings is 1. The number of fused-ring (bicyclic) bond motifs is 1. The lowest BCUT2D eigenvalue weighted by Gasteiger charge is -2.37. The number of carbonyl (C=O) groups excluding carboxylic acids is 2. The van der Waals surface area contributed by atoms with E-state index in [2.05, 4.69) is 11.4 Å².